The molecule has 112 valence electrons. The highest BCUT2D eigenvalue weighted by molar-refractivity contribution is 5.88. The standard InChI is InChI=1S/C17H12FNO2.ClH/c1-10-6-14(11-2-4-12(18)5-3-11)19-15-8-17-16(7-13(10)15)20-9-21-17;/h2-8H,9H2,1H3;1H. The fourth-order valence-electron chi connectivity index (χ4n) is 2.55. The summed E-state index contributed by atoms with van der Waals surface area (Å²) in [6.45, 7) is 2.27. The summed E-state index contributed by atoms with van der Waals surface area (Å²) in [7, 11) is 0. The van der Waals surface area contributed by atoms with E-state index in [0.29, 0.717) is 5.75 Å². The third kappa shape index (κ3) is 2.35. The molecule has 2 heterocycles. The third-order valence-electron chi connectivity index (χ3n) is 3.65. The van der Waals surface area contributed by atoms with E-state index in [4.69, 9.17) is 9.47 Å². The molecular formula is C17H13ClFNO2. The lowest BCUT2D eigenvalue weighted by Crippen LogP contribution is -1.92. The van der Waals surface area contributed by atoms with Gasteiger partial charge in [0, 0.05) is 17.0 Å². The number of ether oxygens (including phenoxy) is 2. The van der Waals surface area contributed by atoms with Gasteiger partial charge in [-0.15, -0.1) is 12.4 Å². The normalized spacial score (nSPS) is 12.3. The van der Waals surface area contributed by atoms with Gasteiger partial charge in [0.05, 0.1) is 11.2 Å². The molecule has 0 amide bonds. The Morgan fingerprint density at radius 3 is 2.41 bits per heavy atom. The van der Waals surface area contributed by atoms with Crippen LogP contribution in [-0.2, 0) is 0 Å². The minimum absolute atomic E-state index is 0. The van der Waals surface area contributed by atoms with Gasteiger partial charge in [-0.2, -0.15) is 0 Å². The molecule has 0 unspecified atom stereocenters. The molecule has 0 aliphatic carbocycles. The van der Waals surface area contributed by atoms with Crippen molar-refractivity contribution in [1.29, 1.82) is 0 Å². The predicted molar refractivity (Wildman–Crippen MR) is 85.2 cm³/mol. The molecule has 0 atom stereocenters. The van der Waals surface area contributed by atoms with Crippen molar-refractivity contribution in [3.8, 4) is 22.8 Å². The number of aryl methyl sites for hydroxylation is 1. The molecule has 5 heteroatoms. The van der Waals surface area contributed by atoms with Gasteiger partial charge in [-0.05, 0) is 48.9 Å². The lowest BCUT2D eigenvalue weighted by Gasteiger charge is -2.08. The Morgan fingerprint density at radius 1 is 1.00 bits per heavy atom. The van der Waals surface area contributed by atoms with Gasteiger partial charge in [-0.25, -0.2) is 9.37 Å². The van der Waals surface area contributed by atoms with E-state index in [2.05, 4.69) is 4.98 Å². The minimum atomic E-state index is -0.250. The van der Waals surface area contributed by atoms with Crippen LogP contribution in [0.3, 0.4) is 0 Å². The lowest BCUT2D eigenvalue weighted by atomic mass is 10.0. The van der Waals surface area contributed by atoms with Crippen LogP contribution in [0, 0.1) is 12.7 Å². The van der Waals surface area contributed by atoms with Gasteiger partial charge in [0.1, 0.15) is 5.82 Å². The van der Waals surface area contributed by atoms with E-state index in [1.165, 1.54) is 12.1 Å². The molecule has 22 heavy (non-hydrogen) atoms. The van der Waals surface area contributed by atoms with Gasteiger partial charge in [-0.3, -0.25) is 0 Å². The van der Waals surface area contributed by atoms with Crippen LogP contribution in [0.4, 0.5) is 4.39 Å². The smallest absolute Gasteiger partial charge is 0.231 e. The van der Waals surface area contributed by atoms with Crippen molar-refractivity contribution in [1.82, 2.24) is 4.98 Å². The summed E-state index contributed by atoms with van der Waals surface area (Å²) >= 11 is 0. The third-order valence-corrected chi connectivity index (χ3v) is 3.65. The maximum atomic E-state index is 13.0. The molecular weight excluding hydrogens is 305 g/mol. The summed E-state index contributed by atoms with van der Waals surface area (Å²) in [6, 6.07) is 12.2. The number of pyridine rings is 1. The first kappa shape index (κ1) is 14.6. The largest absolute Gasteiger partial charge is 0.454 e. The van der Waals surface area contributed by atoms with E-state index >= 15 is 0 Å². The maximum Gasteiger partial charge on any atom is 0.231 e. The maximum absolute atomic E-state index is 13.0. The van der Waals surface area contributed by atoms with Crippen molar-refractivity contribution >= 4 is 23.3 Å². The van der Waals surface area contributed by atoms with Gasteiger partial charge in [0.25, 0.3) is 0 Å². The fraction of sp³-hybridized carbons (Fsp3) is 0.118. The highest BCUT2D eigenvalue weighted by atomic mass is 35.5. The van der Waals surface area contributed by atoms with Crippen molar-refractivity contribution in [2.45, 2.75) is 6.92 Å². The number of hydrogen-bond acceptors (Lipinski definition) is 3. The van der Waals surface area contributed by atoms with Crippen molar-refractivity contribution < 1.29 is 13.9 Å². The topological polar surface area (TPSA) is 31.4 Å². The molecule has 0 saturated heterocycles. The number of hydrogen-bond donors (Lipinski definition) is 0. The van der Waals surface area contributed by atoms with Crippen LogP contribution in [0.15, 0.2) is 42.5 Å². The Bertz CT molecular complexity index is 849. The van der Waals surface area contributed by atoms with Crippen molar-refractivity contribution in [2.24, 2.45) is 0 Å². The van der Waals surface area contributed by atoms with E-state index < -0.39 is 0 Å². The molecule has 3 aromatic rings. The zero-order valence-corrected chi connectivity index (χ0v) is 12.6. The number of benzene rings is 2. The summed E-state index contributed by atoms with van der Waals surface area (Å²) in [4.78, 5) is 4.66. The van der Waals surface area contributed by atoms with Crippen LogP contribution in [-0.4, -0.2) is 11.8 Å². The average Bonchev–Trinajstić information content (AvgIpc) is 2.93. The summed E-state index contributed by atoms with van der Waals surface area (Å²) in [5.41, 5.74) is 3.65. The van der Waals surface area contributed by atoms with Crippen LogP contribution in [0.1, 0.15) is 5.56 Å². The molecule has 2 aromatic carbocycles. The molecule has 1 aliphatic rings. The number of rotatable bonds is 1. The highest BCUT2D eigenvalue weighted by Crippen LogP contribution is 2.37. The fourth-order valence-corrected chi connectivity index (χ4v) is 2.55. The molecule has 0 N–H and O–H groups in total. The van der Waals surface area contributed by atoms with Crippen LogP contribution in [0.5, 0.6) is 11.5 Å². The van der Waals surface area contributed by atoms with Crippen LogP contribution < -0.4 is 9.47 Å². The van der Waals surface area contributed by atoms with Crippen LogP contribution in [0.2, 0.25) is 0 Å². The minimum Gasteiger partial charge on any atom is -0.454 e. The quantitative estimate of drug-likeness (QED) is 0.662. The lowest BCUT2D eigenvalue weighted by molar-refractivity contribution is 0.174. The molecule has 1 aliphatic heterocycles. The highest BCUT2D eigenvalue weighted by Gasteiger charge is 2.16. The second kappa shape index (κ2) is 5.46. The Morgan fingerprint density at radius 2 is 1.68 bits per heavy atom. The SMILES string of the molecule is Cc1cc(-c2ccc(F)cc2)nc2cc3c(cc12)OCO3.Cl. The van der Waals surface area contributed by atoms with Gasteiger partial charge in [-0.1, -0.05) is 0 Å². The molecule has 0 radical (unpaired) electrons. The molecule has 1 aromatic heterocycles. The van der Waals surface area contributed by atoms with Crippen molar-refractivity contribution in [3.63, 3.8) is 0 Å². The zero-order valence-electron chi connectivity index (χ0n) is 11.8. The van der Waals surface area contributed by atoms with E-state index in [9.17, 15) is 4.39 Å². The van der Waals surface area contributed by atoms with E-state index in [1.807, 2.05) is 25.1 Å². The Balaban J connectivity index is 0.00000144. The molecule has 3 nitrogen and oxygen atoms in total. The van der Waals surface area contributed by atoms with E-state index in [1.54, 1.807) is 12.1 Å². The number of nitrogens with zero attached hydrogens (tertiary/aromatic N) is 1. The van der Waals surface area contributed by atoms with Gasteiger partial charge in [0.15, 0.2) is 11.5 Å². The first-order valence-electron chi connectivity index (χ1n) is 6.68. The predicted octanol–water partition coefficient (Wildman–Crippen LogP) is 4.50. The monoisotopic (exact) mass is 317 g/mol. The molecule has 0 spiro atoms. The van der Waals surface area contributed by atoms with E-state index in [-0.39, 0.29) is 25.0 Å². The summed E-state index contributed by atoms with van der Waals surface area (Å²) < 4.78 is 23.8. The Labute approximate surface area is 133 Å². The number of halogens is 2. The molecule has 0 fully saturated rings. The zero-order chi connectivity index (χ0) is 14.4. The average molecular weight is 318 g/mol. The molecule has 4 rings (SSSR count). The van der Waals surface area contributed by atoms with Gasteiger partial charge >= 0.3 is 0 Å². The van der Waals surface area contributed by atoms with Crippen molar-refractivity contribution in [3.05, 3.63) is 53.8 Å². The Kier molecular flexibility index (Phi) is 3.62. The molecule has 0 saturated carbocycles. The summed E-state index contributed by atoms with van der Waals surface area (Å²) in [5.74, 6) is 1.22. The van der Waals surface area contributed by atoms with Crippen molar-refractivity contribution in [2.75, 3.05) is 6.79 Å². The number of aromatic nitrogens is 1. The first-order chi connectivity index (χ1) is 10.2. The van der Waals surface area contributed by atoms with Crippen LogP contribution in [0.25, 0.3) is 22.2 Å². The second-order valence-corrected chi connectivity index (χ2v) is 5.05. The summed E-state index contributed by atoms with van der Waals surface area (Å²) in [6.07, 6.45) is 0. The van der Waals surface area contributed by atoms with Gasteiger partial charge < -0.3 is 9.47 Å². The number of fused-ring (bicyclic) bond motifs is 2. The second-order valence-electron chi connectivity index (χ2n) is 5.05. The van der Waals surface area contributed by atoms with Crippen LogP contribution >= 0.6 is 12.4 Å². The van der Waals surface area contributed by atoms with E-state index in [0.717, 1.165) is 33.5 Å². The summed E-state index contributed by atoms with van der Waals surface area (Å²) in [5, 5.41) is 1.03. The Hall–Kier alpha value is -2.33. The first-order valence-corrected chi connectivity index (χ1v) is 6.68. The van der Waals surface area contributed by atoms with Gasteiger partial charge in [0.2, 0.25) is 6.79 Å². The molecule has 0 bridgehead atoms.